The van der Waals surface area contributed by atoms with E-state index in [4.69, 9.17) is 14.6 Å². The molecule has 1 atom stereocenters. The molecule has 0 aromatic carbocycles. The van der Waals surface area contributed by atoms with Gasteiger partial charge in [-0.3, -0.25) is 14.4 Å². The lowest BCUT2D eigenvalue weighted by molar-refractivity contribution is -0.148. The third-order valence-corrected chi connectivity index (χ3v) is 2.41. The third kappa shape index (κ3) is 9.42. The maximum atomic E-state index is 11.7. The van der Waals surface area contributed by atoms with E-state index in [-0.39, 0.29) is 38.9 Å². The van der Waals surface area contributed by atoms with Gasteiger partial charge in [-0.15, -0.1) is 0 Å². The predicted octanol–water partition coefficient (Wildman–Crippen LogP) is 0.242. The van der Waals surface area contributed by atoms with Crippen molar-refractivity contribution in [2.24, 2.45) is 0 Å². The number of amides is 1. The predicted molar refractivity (Wildman–Crippen MR) is 71.3 cm³/mol. The average molecular weight is 303 g/mol. The van der Waals surface area contributed by atoms with Crippen molar-refractivity contribution < 1.29 is 33.8 Å². The van der Waals surface area contributed by atoms with Crippen LogP contribution < -0.4 is 5.32 Å². The summed E-state index contributed by atoms with van der Waals surface area (Å²) in [5.74, 6) is -2.83. The van der Waals surface area contributed by atoms with Gasteiger partial charge in [-0.1, -0.05) is 0 Å². The number of ether oxygens (including phenoxy) is 2. The van der Waals surface area contributed by atoms with E-state index in [1.807, 2.05) is 0 Å². The Bertz CT molecular complexity index is 381. The van der Waals surface area contributed by atoms with Gasteiger partial charge in [0.2, 0.25) is 5.91 Å². The average Bonchev–Trinajstić information content (AvgIpc) is 2.41. The van der Waals surface area contributed by atoms with Gasteiger partial charge in [-0.05, 0) is 20.3 Å². The molecule has 0 aromatic heterocycles. The zero-order valence-electron chi connectivity index (χ0n) is 12.2. The molecule has 0 bridgehead atoms. The maximum Gasteiger partial charge on any atom is 0.328 e. The highest BCUT2D eigenvalue weighted by Crippen LogP contribution is 2.03. The van der Waals surface area contributed by atoms with Crippen LogP contribution >= 0.6 is 0 Å². The van der Waals surface area contributed by atoms with Crippen molar-refractivity contribution in [3.8, 4) is 0 Å². The molecule has 0 aromatic rings. The second kappa shape index (κ2) is 10.6. The zero-order valence-corrected chi connectivity index (χ0v) is 12.2. The second-order valence-corrected chi connectivity index (χ2v) is 4.11. The van der Waals surface area contributed by atoms with Crippen LogP contribution in [0.4, 0.5) is 0 Å². The van der Waals surface area contributed by atoms with E-state index in [0.717, 1.165) is 0 Å². The van der Waals surface area contributed by atoms with E-state index < -0.39 is 29.9 Å². The fourth-order valence-electron chi connectivity index (χ4n) is 1.47. The van der Waals surface area contributed by atoms with Crippen molar-refractivity contribution >= 4 is 23.8 Å². The number of carboxylic acid groups (broad SMARTS) is 1. The van der Waals surface area contributed by atoms with Crippen molar-refractivity contribution in [3.63, 3.8) is 0 Å². The smallest absolute Gasteiger partial charge is 0.328 e. The molecular weight excluding hydrogens is 282 g/mol. The molecule has 0 rings (SSSR count). The maximum absolute atomic E-state index is 11.7. The van der Waals surface area contributed by atoms with Gasteiger partial charge in [0.1, 0.15) is 6.04 Å². The molecule has 0 saturated carbocycles. The molecule has 1 amide bonds. The molecular formula is C13H21NO7. The fraction of sp³-hybridized carbons (Fsp3) is 0.692. The van der Waals surface area contributed by atoms with Crippen LogP contribution in [0.15, 0.2) is 0 Å². The standard InChI is InChI=1S/C13H21NO7/c1-3-20-12(18)8-5-9(13(19)21-4-2)14-10(15)6-7-11(16)17/h9H,3-8H2,1-2H3,(H,14,15)(H,16,17). The van der Waals surface area contributed by atoms with Crippen molar-refractivity contribution in [2.45, 2.75) is 45.6 Å². The van der Waals surface area contributed by atoms with Crippen LogP contribution in [0.1, 0.15) is 39.5 Å². The number of nitrogens with one attached hydrogen (secondary N) is 1. The van der Waals surface area contributed by atoms with Crippen LogP contribution in [0.2, 0.25) is 0 Å². The Labute approximate surface area is 122 Å². The number of carbonyl (C=O) groups excluding carboxylic acids is 3. The highest BCUT2D eigenvalue weighted by atomic mass is 16.5. The van der Waals surface area contributed by atoms with Crippen LogP contribution in [-0.2, 0) is 28.7 Å². The molecule has 0 heterocycles. The molecule has 0 aliphatic carbocycles. The summed E-state index contributed by atoms with van der Waals surface area (Å²) in [6.45, 7) is 3.65. The van der Waals surface area contributed by atoms with Crippen LogP contribution in [0.5, 0.6) is 0 Å². The molecule has 1 unspecified atom stereocenters. The Morgan fingerprint density at radius 2 is 1.62 bits per heavy atom. The van der Waals surface area contributed by atoms with E-state index in [0.29, 0.717) is 0 Å². The molecule has 8 heteroatoms. The first-order valence-corrected chi connectivity index (χ1v) is 6.74. The molecule has 0 aliphatic heterocycles. The summed E-state index contributed by atoms with van der Waals surface area (Å²) in [5, 5.41) is 10.9. The summed E-state index contributed by atoms with van der Waals surface area (Å²) in [4.78, 5) is 44.9. The van der Waals surface area contributed by atoms with Gasteiger partial charge >= 0.3 is 17.9 Å². The second-order valence-electron chi connectivity index (χ2n) is 4.11. The normalized spacial score (nSPS) is 11.3. The van der Waals surface area contributed by atoms with Gasteiger partial charge in [0.25, 0.3) is 0 Å². The Morgan fingerprint density at radius 1 is 1.00 bits per heavy atom. The largest absolute Gasteiger partial charge is 0.481 e. The minimum atomic E-state index is -1.11. The summed E-state index contributed by atoms with van der Waals surface area (Å²) < 4.78 is 9.54. The highest BCUT2D eigenvalue weighted by molar-refractivity contribution is 5.86. The van der Waals surface area contributed by atoms with E-state index in [1.165, 1.54) is 0 Å². The Kier molecular flexibility index (Phi) is 9.57. The minimum Gasteiger partial charge on any atom is -0.481 e. The molecule has 120 valence electrons. The molecule has 0 spiro atoms. The summed E-state index contributed by atoms with van der Waals surface area (Å²) in [6.07, 6.45) is -0.586. The van der Waals surface area contributed by atoms with Gasteiger partial charge in [-0.25, -0.2) is 4.79 Å². The number of hydrogen-bond donors (Lipinski definition) is 2. The molecule has 0 radical (unpaired) electrons. The summed E-state index contributed by atoms with van der Waals surface area (Å²) >= 11 is 0. The lowest BCUT2D eigenvalue weighted by Crippen LogP contribution is -2.42. The highest BCUT2D eigenvalue weighted by Gasteiger charge is 2.23. The minimum absolute atomic E-state index is 0.0382. The SMILES string of the molecule is CCOC(=O)CCC(NC(=O)CCC(=O)O)C(=O)OCC. The van der Waals surface area contributed by atoms with Crippen molar-refractivity contribution in [1.29, 1.82) is 0 Å². The third-order valence-electron chi connectivity index (χ3n) is 2.41. The number of esters is 2. The molecule has 0 saturated heterocycles. The quantitative estimate of drug-likeness (QED) is 0.555. The molecule has 2 N–H and O–H groups in total. The first-order chi connectivity index (χ1) is 9.90. The molecule has 21 heavy (non-hydrogen) atoms. The lowest BCUT2D eigenvalue weighted by atomic mass is 10.1. The molecule has 8 nitrogen and oxygen atoms in total. The van der Waals surface area contributed by atoms with E-state index in [2.05, 4.69) is 5.32 Å². The van der Waals surface area contributed by atoms with Crippen LogP contribution in [0.3, 0.4) is 0 Å². The Balaban J connectivity index is 4.44. The van der Waals surface area contributed by atoms with Gasteiger partial charge in [0.05, 0.1) is 19.6 Å². The number of carboxylic acids is 1. The number of aliphatic carboxylic acids is 1. The summed E-state index contributed by atoms with van der Waals surface area (Å²) in [5.41, 5.74) is 0. The van der Waals surface area contributed by atoms with E-state index in [1.54, 1.807) is 13.8 Å². The Morgan fingerprint density at radius 3 is 2.14 bits per heavy atom. The monoisotopic (exact) mass is 303 g/mol. The van der Waals surface area contributed by atoms with E-state index >= 15 is 0 Å². The van der Waals surface area contributed by atoms with Crippen LogP contribution in [0, 0.1) is 0 Å². The van der Waals surface area contributed by atoms with Gasteiger partial charge in [0.15, 0.2) is 0 Å². The Hall–Kier alpha value is -2.12. The van der Waals surface area contributed by atoms with Crippen molar-refractivity contribution in [2.75, 3.05) is 13.2 Å². The topological polar surface area (TPSA) is 119 Å². The lowest BCUT2D eigenvalue weighted by Gasteiger charge is -2.16. The molecule has 0 fully saturated rings. The first-order valence-electron chi connectivity index (χ1n) is 6.74. The first kappa shape index (κ1) is 18.9. The number of rotatable bonds is 10. The van der Waals surface area contributed by atoms with Crippen LogP contribution in [0.25, 0.3) is 0 Å². The summed E-state index contributed by atoms with van der Waals surface area (Å²) in [7, 11) is 0. The van der Waals surface area contributed by atoms with Crippen LogP contribution in [-0.4, -0.2) is 48.2 Å². The van der Waals surface area contributed by atoms with Gasteiger partial charge in [-0.2, -0.15) is 0 Å². The fourth-order valence-corrected chi connectivity index (χ4v) is 1.47. The number of carbonyl (C=O) groups is 4. The molecule has 0 aliphatic rings. The number of hydrogen-bond acceptors (Lipinski definition) is 6. The summed E-state index contributed by atoms with van der Waals surface area (Å²) in [6, 6.07) is -0.990. The van der Waals surface area contributed by atoms with Gasteiger partial charge < -0.3 is 19.9 Å². The van der Waals surface area contributed by atoms with Crippen molar-refractivity contribution in [3.05, 3.63) is 0 Å². The zero-order chi connectivity index (χ0) is 16.3. The van der Waals surface area contributed by atoms with Crippen molar-refractivity contribution in [1.82, 2.24) is 5.32 Å². The van der Waals surface area contributed by atoms with E-state index in [9.17, 15) is 19.2 Å². The van der Waals surface area contributed by atoms with Gasteiger partial charge in [0, 0.05) is 12.8 Å².